The van der Waals surface area contributed by atoms with Crippen LogP contribution in [0, 0.1) is 0 Å². The van der Waals surface area contributed by atoms with Gasteiger partial charge in [-0.25, -0.2) is 0 Å². The van der Waals surface area contributed by atoms with E-state index in [0.29, 0.717) is 0 Å². The topological polar surface area (TPSA) is 24.1 Å². The number of anilines is 1. The summed E-state index contributed by atoms with van der Waals surface area (Å²) in [4.78, 5) is 0. The van der Waals surface area contributed by atoms with E-state index in [1.54, 1.807) is 11.1 Å². The van der Waals surface area contributed by atoms with Gasteiger partial charge in [-0.3, -0.25) is 0 Å². The van der Waals surface area contributed by atoms with Crippen LogP contribution in [-0.2, 0) is 12.8 Å². The molecule has 0 atom stereocenters. The van der Waals surface area contributed by atoms with Crippen molar-refractivity contribution in [3.05, 3.63) is 29.3 Å². The first-order valence-electron chi connectivity index (χ1n) is 5.90. The fourth-order valence-corrected chi connectivity index (χ4v) is 2.18. The van der Waals surface area contributed by atoms with Crippen molar-refractivity contribution in [2.24, 2.45) is 0 Å². The van der Waals surface area contributed by atoms with Gasteiger partial charge in [-0.1, -0.05) is 6.07 Å². The fourth-order valence-electron chi connectivity index (χ4n) is 2.18. The van der Waals surface area contributed by atoms with E-state index in [2.05, 4.69) is 28.8 Å². The van der Waals surface area contributed by atoms with Crippen LogP contribution in [0.25, 0.3) is 0 Å². The lowest BCUT2D eigenvalue weighted by Crippen LogP contribution is -2.12. The molecular weight excluding hydrogens is 184 g/mol. The summed E-state index contributed by atoms with van der Waals surface area (Å²) in [7, 11) is 2.00. The molecule has 1 aliphatic carbocycles. The van der Waals surface area contributed by atoms with Crippen LogP contribution < -0.4 is 10.6 Å². The van der Waals surface area contributed by atoms with E-state index >= 15 is 0 Å². The first-order chi connectivity index (χ1) is 7.40. The van der Waals surface area contributed by atoms with Gasteiger partial charge in [0.05, 0.1) is 0 Å². The maximum atomic E-state index is 3.47. The summed E-state index contributed by atoms with van der Waals surface area (Å²) in [6.07, 6.45) is 5.04. The van der Waals surface area contributed by atoms with Crippen molar-refractivity contribution < 1.29 is 0 Å². The molecule has 1 aromatic carbocycles. The van der Waals surface area contributed by atoms with Gasteiger partial charge in [-0.2, -0.15) is 0 Å². The normalized spacial score (nSPS) is 13.9. The minimum absolute atomic E-state index is 1.06. The largest absolute Gasteiger partial charge is 0.385 e. The Morgan fingerprint density at radius 1 is 1.13 bits per heavy atom. The monoisotopic (exact) mass is 204 g/mol. The van der Waals surface area contributed by atoms with E-state index in [1.165, 1.54) is 31.4 Å². The Morgan fingerprint density at radius 3 is 2.87 bits per heavy atom. The second-order valence-corrected chi connectivity index (χ2v) is 4.22. The molecule has 0 saturated heterocycles. The molecule has 15 heavy (non-hydrogen) atoms. The Hall–Kier alpha value is -1.02. The number of hydrogen-bond donors (Lipinski definition) is 2. The van der Waals surface area contributed by atoms with Gasteiger partial charge >= 0.3 is 0 Å². The molecule has 82 valence electrons. The third kappa shape index (κ3) is 2.72. The Labute approximate surface area is 92.1 Å². The summed E-state index contributed by atoms with van der Waals surface area (Å²) in [6.45, 7) is 2.14. The Balaban J connectivity index is 1.87. The molecule has 2 rings (SSSR count). The predicted octanol–water partition coefficient (Wildman–Crippen LogP) is 2.20. The van der Waals surface area contributed by atoms with Crippen molar-refractivity contribution in [3.63, 3.8) is 0 Å². The molecule has 1 aliphatic rings. The van der Waals surface area contributed by atoms with Gasteiger partial charge < -0.3 is 10.6 Å². The summed E-state index contributed by atoms with van der Waals surface area (Å²) >= 11 is 0. The molecule has 0 bridgehead atoms. The van der Waals surface area contributed by atoms with Gasteiger partial charge in [0, 0.05) is 12.2 Å². The molecule has 2 N–H and O–H groups in total. The van der Waals surface area contributed by atoms with Crippen molar-refractivity contribution in [1.29, 1.82) is 0 Å². The number of hydrogen-bond acceptors (Lipinski definition) is 2. The SMILES string of the molecule is CNCCCNc1ccc2c(c1)CCC2. The van der Waals surface area contributed by atoms with Crippen LogP contribution in [0.1, 0.15) is 24.0 Å². The third-order valence-electron chi connectivity index (χ3n) is 3.03. The second-order valence-electron chi connectivity index (χ2n) is 4.22. The molecule has 0 unspecified atom stereocenters. The molecule has 0 spiro atoms. The molecule has 1 aromatic rings. The van der Waals surface area contributed by atoms with E-state index in [1.807, 2.05) is 7.05 Å². The third-order valence-corrected chi connectivity index (χ3v) is 3.03. The lowest BCUT2D eigenvalue weighted by atomic mass is 10.1. The van der Waals surface area contributed by atoms with Crippen molar-refractivity contribution >= 4 is 5.69 Å². The van der Waals surface area contributed by atoms with Gasteiger partial charge in [-0.05, 0) is 62.5 Å². The van der Waals surface area contributed by atoms with E-state index in [9.17, 15) is 0 Å². The first kappa shape index (κ1) is 10.5. The standard InChI is InChI=1S/C13H20N2/c1-14-8-3-9-15-13-7-6-11-4-2-5-12(11)10-13/h6-7,10,14-15H,2-5,8-9H2,1H3. The highest BCUT2D eigenvalue weighted by Crippen LogP contribution is 2.24. The average Bonchev–Trinajstić information content (AvgIpc) is 2.71. The Bertz CT molecular complexity index is 320. The molecule has 0 aromatic heterocycles. The minimum atomic E-state index is 1.06. The fraction of sp³-hybridized carbons (Fsp3) is 0.538. The lowest BCUT2D eigenvalue weighted by Gasteiger charge is -2.08. The van der Waals surface area contributed by atoms with Crippen LogP contribution in [0.3, 0.4) is 0 Å². The highest BCUT2D eigenvalue weighted by atomic mass is 14.9. The molecule has 0 radical (unpaired) electrons. The number of benzene rings is 1. The Kier molecular flexibility index (Phi) is 3.62. The zero-order valence-electron chi connectivity index (χ0n) is 9.47. The Morgan fingerprint density at radius 2 is 2.00 bits per heavy atom. The molecule has 0 saturated carbocycles. The van der Waals surface area contributed by atoms with Crippen LogP contribution >= 0.6 is 0 Å². The molecule has 0 amide bonds. The van der Waals surface area contributed by atoms with Crippen LogP contribution in [0.4, 0.5) is 5.69 Å². The molecule has 2 nitrogen and oxygen atoms in total. The van der Waals surface area contributed by atoms with E-state index in [0.717, 1.165) is 13.1 Å². The predicted molar refractivity (Wildman–Crippen MR) is 65.5 cm³/mol. The van der Waals surface area contributed by atoms with Gasteiger partial charge in [0.25, 0.3) is 0 Å². The zero-order chi connectivity index (χ0) is 10.5. The average molecular weight is 204 g/mol. The quantitative estimate of drug-likeness (QED) is 0.718. The van der Waals surface area contributed by atoms with Crippen molar-refractivity contribution in [3.8, 4) is 0 Å². The zero-order valence-corrected chi connectivity index (χ0v) is 9.47. The van der Waals surface area contributed by atoms with E-state index < -0.39 is 0 Å². The van der Waals surface area contributed by atoms with E-state index in [4.69, 9.17) is 0 Å². The molecule has 0 fully saturated rings. The highest BCUT2D eigenvalue weighted by Gasteiger charge is 2.10. The van der Waals surface area contributed by atoms with Gasteiger partial charge in [0.2, 0.25) is 0 Å². The van der Waals surface area contributed by atoms with Crippen molar-refractivity contribution in [2.75, 3.05) is 25.5 Å². The molecule has 0 heterocycles. The number of rotatable bonds is 5. The molecule has 2 heteroatoms. The van der Waals surface area contributed by atoms with Gasteiger partial charge in [0.15, 0.2) is 0 Å². The number of nitrogens with one attached hydrogen (secondary N) is 2. The minimum Gasteiger partial charge on any atom is -0.385 e. The van der Waals surface area contributed by atoms with Crippen LogP contribution in [-0.4, -0.2) is 20.1 Å². The summed E-state index contributed by atoms with van der Waals surface area (Å²) < 4.78 is 0. The molecule has 0 aliphatic heterocycles. The van der Waals surface area contributed by atoms with Crippen LogP contribution in [0.5, 0.6) is 0 Å². The summed E-state index contributed by atoms with van der Waals surface area (Å²) in [5.74, 6) is 0. The lowest BCUT2D eigenvalue weighted by molar-refractivity contribution is 0.748. The second kappa shape index (κ2) is 5.17. The van der Waals surface area contributed by atoms with Gasteiger partial charge in [-0.15, -0.1) is 0 Å². The van der Waals surface area contributed by atoms with Crippen LogP contribution in [0.15, 0.2) is 18.2 Å². The molecular formula is C13H20N2. The van der Waals surface area contributed by atoms with Crippen molar-refractivity contribution in [1.82, 2.24) is 5.32 Å². The number of fused-ring (bicyclic) bond motifs is 1. The van der Waals surface area contributed by atoms with Crippen molar-refractivity contribution in [2.45, 2.75) is 25.7 Å². The summed E-state index contributed by atoms with van der Waals surface area (Å²) in [5.41, 5.74) is 4.39. The summed E-state index contributed by atoms with van der Waals surface area (Å²) in [6, 6.07) is 6.81. The highest BCUT2D eigenvalue weighted by molar-refractivity contribution is 5.50. The first-order valence-corrected chi connectivity index (χ1v) is 5.90. The van der Waals surface area contributed by atoms with E-state index in [-0.39, 0.29) is 0 Å². The van der Waals surface area contributed by atoms with Gasteiger partial charge in [0.1, 0.15) is 0 Å². The van der Waals surface area contributed by atoms with Crippen LogP contribution in [0.2, 0.25) is 0 Å². The summed E-state index contributed by atoms with van der Waals surface area (Å²) in [5, 5.41) is 6.62. The number of aryl methyl sites for hydroxylation is 2. The maximum absolute atomic E-state index is 3.47. The maximum Gasteiger partial charge on any atom is 0.0343 e. The smallest absolute Gasteiger partial charge is 0.0343 e.